The van der Waals surface area contributed by atoms with E-state index in [2.05, 4.69) is 34.0 Å². The Morgan fingerprint density at radius 2 is 2.15 bits per heavy atom. The van der Waals surface area contributed by atoms with Crippen LogP contribution in [0.25, 0.3) is 0 Å². The Morgan fingerprint density at radius 3 is 2.85 bits per heavy atom. The zero-order chi connectivity index (χ0) is 19.6. The van der Waals surface area contributed by atoms with Gasteiger partial charge in [0.15, 0.2) is 0 Å². The summed E-state index contributed by atoms with van der Waals surface area (Å²) in [6.07, 6.45) is 2.61. The minimum Gasteiger partial charge on any atom is -0.337 e. The second kappa shape index (κ2) is 8.02. The molecule has 2 aromatic heterocycles. The highest BCUT2D eigenvalue weighted by Crippen LogP contribution is 2.26. The number of H-pyrrole nitrogens is 1. The smallest absolute Gasteiger partial charge is 0.337 e. The summed E-state index contributed by atoms with van der Waals surface area (Å²) in [6, 6.07) is 1.81. The summed E-state index contributed by atoms with van der Waals surface area (Å²) >= 11 is 0. The molecule has 0 spiro atoms. The molecular formula is C19H28N6O2. The van der Waals surface area contributed by atoms with Crippen molar-refractivity contribution >= 4 is 5.91 Å². The van der Waals surface area contributed by atoms with Crippen LogP contribution >= 0.6 is 0 Å². The van der Waals surface area contributed by atoms with E-state index in [-0.39, 0.29) is 17.5 Å². The standard InChI is InChI=1S/C19H28N6O2/c1-5-25-17(22-23-19(25)27)14-7-6-8-24(11-14)18(26)16-10-15(9-12(2)3)20-13(4)21-16/h10,12,14H,5-9,11H2,1-4H3,(H,23,27). The first-order valence-electron chi connectivity index (χ1n) is 9.68. The van der Waals surface area contributed by atoms with Gasteiger partial charge in [-0.3, -0.25) is 9.36 Å². The van der Waals surface area contributed by atoms with Crippen LogP contribution in [0.5, 0.6) is 0 Å². The fourth-order valence-corrected chi connectivity index (χ4v) is 3.74. The van der Waals surface area contributed by atoms with E-state index in [0.717, 1.165) is 30.8 Å². The maximum absolute atomic E-state index is 13.1. The minimum atomic E-state index is -0.194. The zero-order valence-corrected chi connectivity index (χ0v) is 16.5. The summed E-state index contributed by atoms with van der Waals surface area (Å²) in [4.78, 5) is 35.6. The highest BCUT2D eigenvalue weighted by Gasteiger charge is 2.29. The average molecular weight is 372 g/mol. The Kier molecular flexibility index (Phi) is 5.72. The molecule has 0 aromatic carbocycles. The quantitative estimate of drug-likeness (QED) is 0.865. The van der Waals surface area contributed by atoms with Gasteiger partial charge in [0.05, 0.1) is 0 Å². The first-order valence-corrected chi connectivity index (χ1v) is 9.68. The van der Waals surface area contributed by atoms with E-state index in [1.54, 1.807) is 4.57 Å². The van der Waals surface area contributed by atoms with Crippen LogP contribution in [-0.4, -0.2) is 48.6 Å². The maximum atomic E-state index is 13.1. The van der Waals surface area contributed by atoms with Gasteiger partial charge < -0.3 is 4.90 Å². The molecule has 3 rings (SSSR count). The molecule has 1 fully saturated rings. The van der Waals surface area contributed by atoms with Gasteiger partial charge in [0.1, 0.15) is 17.3 Å². The molecule has 146 valence electrons. The number of piperidine rings is 1. The van der Waals surface area contributed by atoms with Crippen LogP contribution in [0.2, 0.25) is 0 Å². The molecule has 27 heavy (non-hydrogen) atoms. The topological polar surface area (TPSA) is 96.8 Å². The summed E-state index contributed by atoms with van der Waals surface area (Å²) in [5.74, 6) is 1.81. The van der Waals surface area contributed by atoms with E-state index in [9.17, 15) is 9.59 Å². The van der Waals surface area contributed by atoms with Crippen LogP contribution in [0.4, 0.5) is 0 Å². The molecule has 3 heterocycles. The van der Waals surface area contributed by atoms with Crippen molar-refractivity contribution in [3.8, 4) is 0 Å². The lowest BCUT2D eigenvalue weighted by Crippen LogP contribution is -2.40. The van der Waals surface area contributed by atoms with Crippen LogP contribution in [0.3, 0.4) is 0 Å². The van der Waals surface area contributed by atoms with Gasteiger partial charge in [-0.25, -0.2) is 19.9 Å². The number of hydrogen-bond donors (Lipinski definition) is 1. The molecule has 1 aliphatic rings. The van der Waals surface area contributed by atoms with E-state index < -0.39 is 0 Å². The molecule has 1 unspecified atom stereocenters. The summed E-state index contributed by atoms with van der Waals surface area (Å²) in [5.41, 5.74) is 1.16. The number of rotatable bonds is 5. The minimum absolute atomic E-state index is 0.0552. The highest BCUT2D eigenvalue weighted by atomic mass is 16.2. The van der Waals surface area contributed by atoms with Crippen molar-refractivity contribution in [2.75, 3.05) is 13.1 Å². The Morgan fingerprint density at radius 1 is 1.37 bits per heavy atom. The van der Waals surface area contributed by atoms with Crippen molar-refractivity contribution in [3.63, 3.8) is 0 Å². The summed E-state index contributed by atoms with van der Waals surface area (Å²) < 4.78 is 1.65. The molecule has 2 aromatic rings. The SMILES string of the molecule is CCn1c(C2CCCN(C(=O)c3cc(CC(C)C)nc(C)n3)C2)n[nH]c1=O. The predicted octanol–water partition coefficient (Wildman–Crippen LogP) is 1.91. The van der Waals surface area contributed by atoms with Gasteiger partial charge in [0, 0.05) is 31.2 Å². The molecule has 1 N–H and O–H groups in total. The molecule has 1 amide bonds. The molecule has 0 aliphatic carbocycles. The third kappa shape index (κ3) is 4.26. The highest BCUT2D eigenvalue weighted by molar-refractivity contribution is 5.92. The first kappa shape index (κ1) is 19.3. The summed E-state index contributed by atoms with van der Waals surface area (Å²) in [5, 5.41) is 6.73. The Balaban J connectivity index is 1.81. The van der Waals surface area contributed by atoms with Gasteiger partial charge in [-0.05, 0) is 45.1 Å². The summed E-state index contributed by atoms with van der Waals surface area (Å²) in [7, 11) is 0. The van der Waals surface area contributed by atoms with Gasteiger partial charge in [-0.1, -0.05) is 13.8 Å². The van der Waals surface area contributed by atoms with Gasteiger partial charge >= 0.3 is 5.69 Å². The number of carbonyl (C=O) groups is 1. The molecule has 8 nitrogen and oxygen atoms in total. The number of likely N-dealkylation sites (tertiary alicyclic amines) is 1. The van der Waals surface area contributed by atoms with Crippen molar-refractivity contribution in [2.24, 2.45) is 5.92 Å². The van der Waals surface area contributed by atoms with Crippen LogP contribution in [0, 0.1) is 12.8 Å². The lowest BCUT2D eigenvalue weighted by atomic mass is 9.96. The Labute approximate surface area is 159 Å². The van der Waals surface area contributed by atoms with E-state index in [4.69, 9.17) is 0 Å². The maximum Gasteiger partial charge on any atom is 0.343 e. The largest absolute Gasteiger partial charge is 0.343 e. The number of aryl methyl sites for hydroxylation is 1. The molecule has 0 saturated carbocycles. The number of nitrogens with one attached hydrogen (secondary N) is 1. The average Bonchev–Trinajstić information content (AvgIpc) is 3.00. The number of hydrogen-bond acceptors (Lipinski definition) is 5. The van der Waals surface area contributed by atoms with Gasteiger partial charge in [-0.15, -0.1) is 0 Å². The molecule has 8 heteroatoms. The second-order valence-electron chi connectivity index (χ2n) is 7.61. The van der Waals surface area contributed by atoms with Crippen molar-refractivity contribution in [3.05, 3.63) is 39.6 Å². The normalized spacial score (nSPS) is 17.5. The van der Waals surface area contributed by atoms with Crippen molar-refractivity contribution in [1.82, 2.24) is 29.6 Å². The predicted molar refractivity (Wildman–Crippen MR) is 102 cm³/mol. The van der Waals surface area contributed by atoms with Crippen LogP contribution in [0.1, 0.15) is 67.4 Å². The second-order valence-corrected chi connectivity index (χ2v) is 7.61. The van der Waals surface area contributed by atoms with Gasteiger partial charge in [0.2, 0.25) is 0 Å². The molecular weight excluding hydrogens is 344 g/mol. The van der Waals surface area contributed by atoms with E-state index >= 15 is 0 Å². The lowest BCUT2D eigenvalue weighted by Gasteiger charge is -2.32. The molecule has 1 saturated heterocycles. The van der Waals surface area contributed by atoms with Gasteiger partial charge in [0.25, 0.3) is 5.91 Å². The lowest BCUT2D eigenvalue weighted by molar-refractivity contribution is 0.0696. The number of aromatic amines is 1. The Hall–Kier alpha value is -2.51. The van der Waals surface area contributed by atoms with E-state index in [1.165, 1.54) is 0 Å². The van der Waals surface area contributed by atoms with Crippen molar-refractivity contribution < 1.29 is 4.79 Å². The summed E-state index contributed by atoms with van der Waals surface area (Å²) in [6.45, 7) is 9.81. The number of aromatic nitrogens is 5. The molecule has 1 atom stereocenters. The van der Waals surface area contributed by atoms with Crippen LogP contribution < -0.4 is 5.69 Å². The zero-order valence-electron chi connectivity index (χ0n) is 16.5. The number of nitrogens with zero attached hydrogens (tertiary/aromatic N) is 5. The van der Waals surface area contributed by atoms with Crippen molar-refractivity contribution in [2.45, 2.75) is 59.4 Å². The Bertz CT molecular complexity index is 869. The van der Waals surface area contributed by atoms with Crippen LogP contribution in [-0.2, 0) is 13.0 Å². The number of carbonyl (C=O) groups excluding carboxylic acids is 1. The van der Waals surface area contributed by atoms with Crippen molar-refractivity contribution in [1.29, 1.82) is 0 Å². The fourth-order valence-electron chi connectivity index (χ4n) is 3.74. The van der Waals surface area contributed by atoms with Gasteiger partial charge in [-0.2, -0.15) is 5.10 Å². The first-order chi connectivity index (χ1) is 12.9. The molecule has 0 bridgehead atoms. The number of amides is 1. The van der Waals surface area contributed by atoms with Crippen LogP contribution in [0.15, 0.2) is 10.9 Å². The third-order valence-electron chi connectivity index (χ3n) is 4.91. The molecule has 1 aliphatic heterocycles. The van der Waals surface area contributed by atoms with E-state index in [0.29, 0.717) is 37.1 Å². The third-order valence-corrected chi connectivity index (χ3v) is 4.91. The monoisotopic (exact) mass is 372 g/mol. The fraction of sp³-hybridized carbons (Fsp3) is 0.632. The van der Waals surface area contributed by atoms with E-state index in [1.807, 2.05) is 24.8 Å². The molecule has 0 radical (unpaired) electrons.